The van der Waals surface area contributed by atoms with Crippen molar-refractivity contribution in [3.8, 4) is 0 Å². The van der Waals surface area contributed by atoms with Crippen LogP contribution in [0, 0.1) is 0 Å². The van der Waals surface area contributed by atoms with Crippen molar-refractivity contribution in [2.75, 3.05) is 43.5 Å². The fourth-order valence-corrected chi connectivity index (χ4v) is 5.09. The number of para-hydroxylation sites is 2. The number of nitrogens with zero attached hydrogens (tertiary/aromatic N) is 2. The summed E-state index contributed by atoms with van der Waals surface area (Å²) in [6.45, 7) is 1.60. The van der Waals surface area contributed by atoms with Crippen LogP contribution in [0.25, 0.3) is 10.9 Å². The Hall–Kier alpha value is -4.26. The van der Waals surface area contributed by atoms with Crippen LogP contribution in [0.4, 0.5) is 11.4 Å². The molecule has 0 aliphatic carbocycles. The van der Waals surface area contributed by atoms with E-state index in [9.17, 15) is 9.59 Å². The molecule has 37 heavy (non-hydrogen) atoms. The molecule has 0 spiro atoms. The number of nitrogens with one attached hydrogen (secondary N) is 3. The number of aromatic nitrogens is 1. The van der Waals surface area contributed by atoms with E-state index in [0.29, 0.717) is 19.5 Å². The largest absolute Gasteiger partial charge is 0.378 e. The number of benzene rings is 3. The maximum Gasteiger partial charge on any atom is 0.309 e. The lowest BCUT2D eigenvalue weighted by Gasteiger charge is -2.31. The summed E-state index contributed by atoms with van der Waals surface area (Å²) >= 11 is 0. The predicted octanol–water partition coefficient (Wildman–Crippen LogP) is 3.81. The number of rotatable bonds is 8. The first-order chi connectivity index (χ1) is 18.0. The van der Waals surface area contributed by atoms with Gasteiger partial charge in [-0.2, -0.15) is 0 Å². The first kappa shape index (κ1) is 24.4. The monoisotopic (exact) mass is 495 g/mol. The first-order valence-electron chi connectivity index (χ1n) is 12.7. The van der Waals surface area contributed by atoms with Crippen LogP contribution in [0.5, 0.6) is 0 Å². The zero-order chi connectivity index (χ0) is 25.8. The summed E-state index contributed by atoms with van der Waals surface area (Å²) in [5, 5.41) is 6.79. The van der Waals surface area contributed by atoms with Crippen molar-refractivity contribution in [1.82, 2.24) is 15.6 Å². The molecule has 0 saturated carbocycles. The molecule has 0 saturated heterocycles. The Morgan fingerprint density at radius 1 is 0.946 bits per heavy atom. The molecule has 2 amide bonds. The summed E-state index contributed by atoms with van der Waals surface area (Å²) in [6, 6.07) is 24.7. The van der Waals surface area contributed by atoms with E-state index < -0.39 is 11.8 Å². The summed E-state index contributed by atoms with van der Waals surface area (Å²) in [4.78, 5) is 32.9. The molecule has 1 aliphatic heterocycles. The number of hydrogen-bond donors (Lipinski definition) is 3. The van der Waals surface area contributed by atoms with Crippen molar-refractivity contribution in [2.45, 2.75) is 18.9 Å². The second-order valence-electron chi connectivity index (χ2n) is 9.65. The highest BCUT2D eigenvalue weighted by Gasteiger charge is 2.28. The minimum atomic E-state index is -0.610. The van der Waals surface area contributed by atoms with Gasteiger partial charge in [0.2, 0.25) is 0 Å². The van der Waals surface area contributed by atoms with Gasteiger partial charge in [-0.1, -0.05) is 48.5 Å². The molecule has 7 nitrogen and oxygen atoms in total. The molecule has 3 N–H and O–H groups in total. The normalized spacial score (nSPS) is 13.3. The van der Waals surface area contributed by atoms with Crippen LogP contribution in [-0.4, -0.2) is 50.5 Å². The molecular weight excluding hydrogens is 462 g/mol. The third-order valence-electron chi connectivity index (χ3n) is 7.11. The summed E-state index contributed by atoms with van der Waals surface area (Å²) < 4.78 is 0. The van der Waals surface area contributed by atoms with Gasteiger partial charge < -0.3 is 25.4 Å². The Labute approximate surface area is 217 Å². The lowest BCUT2D eigenvalue weighted by Crippen LogP contribution is -2.44. The van der Waals surface area contributed by atoms with Crippen molar-refractivity contribution in [2.24, 2.45) is 0 Å². The molecule has 0 radical (unpaired) electrons. The van der Waals surface area contributed by atoms with Gasteiger partial charge >= 0.3 is 11.8 Å². The van der Waals surface area contributed by atoms with Gasteiger partial charge in [0, 0.05) is 62.2 Å². The maximum absolute atomic E-state index is 12.7. The van der Waals surface area contributed by atoms with Crippen molar-refractivity contribution in [3.63, 3.8) is 0 Å². The van der Waals surface area contributed by atoms with Crippen LogP contribution >= 0.6 is 0 Å². The Morgan fingerprint density at radius 3 is 2.49 bits per heavy atom. The second kappa shape index (κ2) is 10.8. The molecule has 5 rings (SSSR count). The molecular formula is C30H33N5O2. The summed E-state index contributed by atoms with van der Waals surface area (Å²) in [5.74, 6) is -1.22. The van der Waals surface area contributed by atoms with Gasteiger partial charge in [0.1, 0.15) is 0 Å². The topological polar surface area (TPSA) is 80.5 Å². The van der Waals surface area contributed by atoms with Crippen molar-refractivity contribution < 1.29 is 9.59 Å². The van der Waals surface area contributed by atoms with Crippen LogP contribution in [0.1, 0.15) is 22.7 Å². The zero-order valence-electron chi connectivity index (χ0n) is 21.3. The number of aromatic amines is 1. The van der Waals surface area contributed by atoms with E-state index in [1.54, 1.807) is 0 Å². The van der Waals surface area contributed by atoms with Crippen molar-refractivity contribution in [1.29, 1.82) is 0 Å². The number of fused-ring (bicyclic) bond motifs is 2. The minimum Gasteiger partial charge on any atom is -0.378 e. The fourth-order valence-electron chi connectivity index (χ4n) is 5.09. The average molecular weight is 496 g/mol. The molecule has 3 aromatic carbocycles. The quantitative estimate of drug-likeness (QED) is 0.325. The Kier molecular flexibility index (Phi) is 7.12. The van der Waals surface area contributed by atoms with Crippen LogP contribution in [-0.2, 0) is 22.4 Å². The standard InChI is InChI=1S/C30H33N5O2/c1-34(2)24-13-11-22(12-14-24)28(35-18-16-21-7-3-6-10-27(21)35)20-33-30(37)29(36)31-17-15-23-19-32-26-9-5-4-8-25(23)26/h3-14,19,28,32H,15-18,20H2,1-2H3,(H,31,36)(H,33,37). The number of hydrogen-bond acceptors (Lipinski definition) is 4. The number of amides is 2. The van der Waals surface area contributed by atoms with E-state index in [1.165, 1.54) is 11.3 Å². The van der Waals surface area contributed by atoms with Gasteiger partial charge in [-0.15, -0.1) is 0 Å². The Bertz CT molecular complexity index is 1390. The van der Waals surface area contributed by atoms with E-state index in [0.717, 1.165) is 40.7 Å². The Balaban J connectivity index is 1.23. The van der Waals surface area contributed by atoms with Gasteiger partial charge in [-0.05, 0) is 53.8 Å². The molecule has 1 atom stereocenters. The van der Waals surface area contributed by atoms with Crippen LogP contribution in [0.2, 0.25) is 0 Å². The fraction of sp³-hybridized carbons (Fsp3) is 0.267. The van der Waals surface area contributed by atoms with Crippen LogP contribution < -0.4 is 20.4 Å². The first-order valence-corrected chi connectivity index (χ1v) is 12.7. The highest BCUT2D eigenvalue weighted by atomic mass is 16.2. The lowest BCUT2D eigenvalue weighted by molar-refractivity contribution is -0.139. The third-order valence-corrected chi connectivity index (χ3v) is 7.11. The van der Waals surface area contributed by atoms with Crippen molar-refractivity contribution in [3.05, 3.63) is 95.7 Å². The molecule has 4 aromatic rings. The van der Waals surface area contributed by atoms with Gasteiger partial charge in [0.15, 0.2) is 0 Å². The van der Waals surface area contributed by atoms with E-state index in [-0.39, 0.29) is 6.04 Å². The molecule has 1 aromatic heterocycles. The summed E-state index contributed by atoms with van der Waals surface area (Å²) in [5.41, 5.74) is 6.88. The molecule has 2 heterocycles. The predicted molar refractivity (Wildman–Crippen MR) is 149 cm³/mol. The minimum absolute atomic E-state index is 0.0807. The van der Waals surface area contributed by atoms with E-state index in [1.807, 2.05) is 44.6 Å². The summed E-state index contributed by atoms with van der Waals surface area (Å²) in [7, 11) is 4.03. The Morgan fingerprint density at radius 2 is 1.68 bits per heavy atom. The molecule has 1 unspecified atom stereocenters. The number of carbonyl (C=O) groups is 2. The van der Waals surface area contributed by atoms with Crippen LogP contribution in [0.15, 0.2) is 79.0 Å². The van der Waals surface area contributed by atoms with Gasteiger partial charge in [0.05, 0.1) is 6.04 Å². The molecule has 0 bridgehead atoms. The molecule has 0 fully saturated rings. The number of H-pyrrole nitrogens is 1. The van der Waals surface area contributed by atoms with E-state index >= 15 is 0 Å². The maximum atomic E-state index is 12.7. The average Bonchev–Trinajstić information content (AvgIpc) is 3.53. The van der Waals surface area contributed by atoms with Gasteiger partial charge in [-0.25, -0.2) is 0 Å². The summed E-state index contributed by atoms with van der Waals surface area (Å²) in [6.07, 6.45) is 3.57. The van der Waals surface area contributed by atoms with Crippen molar-refractivity contribution >= 4 is 34.1 Å². The second-order valence-corrected chi connectivity index (χ2v) is 9.65. The van der Waals surface area contributed by atoms with Crippen LogP contribution in [0.3, 0.4) is 0 Å². The van der Waals surface area contributed by atoms with E-state index in [2.05, 4.69) is 73.9 Å². The molecule has 190 valence electrons. The number of anilines is 2. The third kappa shape index (κ3) is 5.31. The highest BCUT2D eigenvalue weighted by molar-refractivity contribution is 6.35. The number of carbonyl (C=O) groups excluding carboxylic acids is 2. The van der Waals surface area contributed by atoms with Gasteiger partial charge in [-0.3, -0.25) is 9.59 Å². The highest BCUT2D eigenvalue weighted by Crippen LogP contribution is 2.35. The SMILES string of the molecule is CN(C)c1ccc(C(CNC(=O)C(=O)NCCc2c[nH]c3ccccc23)N2CCc3ccccc32)cc1. The molecule has 1 aliphatic rings. The zero-order valence-corrected chi connectivity index (χ0v) is 21.3. The lowest BCUT2D eigenvalue weighted by atomic mass is 10.0. The van der Waals surface area contributed by atoms with Gasteiger partial charge in [0.25, 0.3) is 0 Å². The van der Waals surface area contributed by atoms with E-state index in [4.69, 9.17) is 0 Å². The molecule has 7 heteroatoms. The smallest absolute Gasteiger partial charge is 0.309 e.